The number of nitrogens with zero attached hydrogens (tertiary/aromatic N) is 2. The molecule has 0 saturated heterocycles. The first-order valence-corrected chi connectivity index (χ1v) is 4.56. The Bertz CT molecular complexity index is 275. The minimum Gasteiger partial charge on any atom is -0.229 e. The second-order valence-corrected chi connectivity index (χ2v) is 2.94. The van der Waals surface area contributed by atoms with E-state index < -0.39 is 0 Å². The third-order valence-electron chi connectivity index (χ3n) is 1.20. The lowest BCUT2D eigenvalue weighted by atomic mass is 10.3. The Morgan fingerprint density at radius 2 is 2.36 bits per heavy atom. The number of aromatic nitrogens is 2. The molecule has 0 spiro atoms. The maximum absolute atomic E-state index is 5.77. The Kier molecular flexibility index (Phi) is 2.91. The molecule has 0 saturated carbocycles. The van der Waals surface area contributed by atoms with Crippen LogP contribution in [0.5, 0.6) is 0 Å². The van der Waals surface area contributed by atoms with Gasteiger partial charge in [-0.15, -0.1) is 11.8 Å². The van der Waals surface area contributed by atoms with Gasteiger partial charge in [0.2, 0.25) is 0 Å². The summed E-state index contributed by atoms with van der Waals surface area (Å²) in [6.45, 7) is 3.62. The van der Waals surface area contributed by atoms with Crippen LogP contribution < -0.4 is 0 Å². The SMILES string of the molecule is C=Cc1c(Cl)ncnc1SC. The Hall–Kier alpha value is -0.540. The molecule has 1 aromatic heterocycles. The topological polar surface area (TPSA) is 25.8 Å². The van der Waals surface area contributed by atoms with Gasteiger partial charge in [0.15, 0.2) is 0 Å². The first-order chi connectivity index (χ1) is 5.29. The molecule has 4 heteroatoms. The molecule has 1 rings (SSSR count). The number of thioether (sulfide) groups is 1. The van der Waals surface area contributed by atoms with Gasteiger partial charge in [-0.3, -0.25) is 0 Å². The number of hydrogen-bond donors (Lipinski definition) is 0. The van der Waals surface area contributed by atoms with E-state index in [2.05, 4.69) is 16.5 Å². The number of hydrogen-bond acceptors (Lipinski definition) is 3. The van der Waals surface area contributed by atoms with Crippen molar-refractivity contribution in [2.45, 2.75) is 5.03 Å². The molecule has 0 radical (unpaired) electrons. The van der Waals surface area contributed by atoms with E-state index >= 15 is 0 Å². The summed E-state index contributed by atoms with van der Waals surface area (Å²) in [6, 6.07) is 0. The second kappa shape index (κ2) is 3.74. The highest BCUT2D eigenvalue weighted by molar-refractivity contribution is 7.98. The van der Waals surface area contributed by atoms with Gasteiger partial charge in [0.05, 0.1) is 0 Å². The highest BCUT2D eigenvalue weighted by atomic mass is 35.5. The molecule has 0 atom stereocenters. The summed E-state index contributed by atoms with van der Waals surface area (Å²) in [6.07, 6.45) is 5.04. The lowest BCUT2D eigenvalue weighted by Crippen LogP contribution is -1.88. The van der Waals surface area contributed by atoms with Gasteiger partial charge >= 0.3 is 0 Å². The molecule has 58 valence electrons. The molecule has 0 unspecified atom stereocenters. The van der Waals surface area contributed by atoms with Gasteiger partial charge in [-0.05, 0) is 6.26 Å². The molecular weight excluding hydrogens is 180 g/mol. The normalized spacial score (nSPS) is 9.64. The van der Waals surface area contributed by atoms with Crippen molar-refractivity contribution >= 4 is 29.4 Å². The zero-order valence-electron chi connectivity index (χ0n) is 6.04. The summed E-state index contributed by atoms with van der Waals surface area (Å²) in [5, 5.41) is 1.32. The van der Waals surface area contributed by atoms with E-state index in [9.17, 15) is 0 Å². The fourth-order valence-electron chi connectivity index (χ4n) is 0.694. The van der Waals surface area contributed by atoms with Crippen LogP contribution in [0.3, 0.4) is 0 Å². The Balaban J connectivity index is 3.24. The first-order valence-electron chi connectivity index (χ1n) is 2.96. The van der Waals surface area contributed by atoms with Crippen LogP contribution in [0, 0.1) is 0 Å². The van der Waals surface area contributed by atoms with E-state index in [0.29, 0.717) is 5.15 Å². The standard InChI is InChI=1S/C7H7ClN2S/c1-3-5-6(8)9-4-10-7(5)11-2/h3-4H,1H2,2H3. The summed E-state index contributed by atoms with van der Waals surface area (Å²) >= 11 is 7.30. The van der Waals surface area contributed by atoms with Crippen molar-refractivity contribution in [2.75, 3.05) is 6.26 Å². The monoisotopic (exact) mass is 186 g/mol. The Morgan fingerprint density at radius 1 is 1.64 bits per heavy atom. The van der Waals surface area contributed by atoms with Gasteiger partial charge in [-0.25, -0.2) is 9.97 Å². The average Bonchev–Trinajstić information content (AvgIpc) is 2.04. The highest BCUT2D eigenvalue weighted by Gasteiger charge is 2.03. The summed E-state index contributed by atoms with van der Waals surface area (Å²) in [4.78, 5) is 7.85. The van der Waals surface area contributed by atoms with Crippen LogP contribution in [0.2, 0.25) is 5.15 Å². The summed E-state index contributed by atoms with van der Waals surface area (Å²) in [7, 11) is 0. The van der Waals surface area contributed by atoms with Gasteiger partial charge in [-0.1, -0.05) is 24.3 Å². The van der Waals surface area contributed by atoms with E-state index in [-0.39, 0.29) is 0 Å². The van der Waals surface area contributed by atoms with Crippen LogP contribution in [-0.2, 0) is 0 Å². The van der Waals surface area contributed by atoms with Gasteiger partial charge in [-0.2, -0.15) is 0 Å². The van der Waals surface area contributed by atoms with Gasteiger partial charge in [0.1, 0.15) is 16.5 Å². The zero-order chi connectivity index (χ0) is 8.27. The minimum atomic E-state index is 0.458. The van der Waals surface area contributed by atoms with Crippen molar-refractivity contribution < 1.29 is 0 Å². The molecule has 0 aliphatic rings. The molecule has 0 N–H and O–H groups in total. The van der Waals surface area contributed by atoms with Crippen LogP contribution in [0.25, 0.3) is 6.08 Å². The lowest BCUT2D eigenvalue weighted by Gasteiger charge is -2.00. The highest BCUT2D eigenvalue weighted by Crippen LogP contribution is 2.23. The maximum atomic E-state index is 5.77. The molecule has 2 nitrogen and oxygen atoms in total. The van der Waals surface area contributed by atoms with Crippen molar-refractivity contribution in [1.29, 1.82) is 0 Å². The molecule has 11 heavy (non-hydrogen) atoms. The van der Waals surface area contributed by atoms with Crippen LogP contribution in [0.15, 0.2) is 17.9 Å². The van der Waals surface area contributed by atoms with E-state index in [1.165, 1.54) is 18.1 Å². The van der Waals surface area contributed by atoms with Crippen molar-refractivity contribution in [2.24, 2.45) is 0 Å². The van der Waals surface area contributed by atoms with Crippen LogP contribution >= 0.6 is 23.4 Å². The minimum absolute atomic E-state index is 0.458. The third kappa shape index (κ3) is 1.73. The summed E-state index contributed by atoms with van der Waals surface area (Å²) in [5.41, 5.74) is 0.807. The molecule has 0 aliphatic carbocycles. The number of rotatable bonds is 2. The smallest absolute Gasteiger partial charge is 0.140 e. The van der Waals surface area contributed by atoms with Crippen molar-refractivity contribution in [3.63, 3.8) is 0 Å². The third-order valence-corrected chi connectivity index (χ3v) is 2.21. The quantitative estimate of drug-likeness (QED) is 0.524. The largest absolute Gasteiger partial charge is 0.229 e. The van der Waals surface area contributed by atoms with Gasteiger partial charge < -0.3 is 0 Å². The van der Waals surface area contributed by atoms with Gasteiger partial charge in [0, 0.05) is 5.56 Å². The fraction of sp³-hybridized carbons (Fsp3) is 0.143. The van der Waals surface area contributed by atoms with Crippen molar-refractivity contribution in [3.8, 4) is 0 Å². The maximum Gasteiger partial charge on any atom is 0.140 e. The van der Waals surface area contributed by atoms with Crippen LogP contribution in [0.1, 0.15) is 5.56 Å². The second-order valence-electron chi connectivity index (χ2n) is 1.79. The summed E-state index contributed by atoms with van der Waals surface area (Å²) < 4.78 is 0. The molecular formula is C7H7ClN2S. The van der Waals surface area contributed by atoms with Crippen molar-refractivity contribution in [3.05, 3.63) is 23.6 Å². The Labute approximate surface area is 74.7 Å². The molecule has 0 fully saturated rings. The molecule has 0 aliphatic heterocycles. The van der Waals surface area contributed by atoms with Crippen LogP contribution in [-0.4, -0.2) is 16.2 Å². The lowest BCUT2D eigenvalue weighted by molar-refractivity contribution is 1.04. The molecule has 0 amide bonds. The molecule has 0 aromatic carbocycles. The number of halogens is 1. The van der Waals surface area contributed by atoms with Gasteiger partial charge in [0.25, 0.3) is 0 Å². The van der Waals surface area contributed by atoms with E-state index in [1.807, 2.05) is 6.26 Å². The van der Waals surface area contributed by atoms with E-state index in [1.54, 1.807) is 6.08 Å². The molecule has 1 aromatic rings. The van der Waals surface area contributed by atoms with E-state index in [0.717, 1.165) is 10.6 Å². The van der Waals surface area contributed by atoms with E-state index in [4.69, 9.17) is 11.6 Å². The molecule has 1 heterocycles. The summed E-state index contributed by atoms with van der Waals surface area (Å²) in [5.74, 6) is 0. The first kappa shape index (κ1) is 8.56. The predicted octanol–water partition coefficient (Wildman–Crippen LogP) is 2.49. The zero-order valence-corrected chi connectivity index (χ0v) is 7.61. The Morgan fingerprint density at radius 3 is 2.82 bits per heavy atom. The van der Waals surface area contributed by atoms with Crippen LogP contribution in [0.4, 0.5) is 0 Å². The predicted molar refractivity (Wildman–Crippen MR) is 48.9 cm³/mol. The fourth-order valence-corrected chi connectivity index (χ4v) is 1.51. The molecule has 0 bridgehead atoms. The van der Waals surface area contributed by atoms with Crippen molar-refractivity contribution in [1.82, 2.24) is 9.97 Å². The average molecular weight is 187 g/mol.